The second kappa shape index (κ2) is 5.36. The van der Waals surface area contributed by atoms with Gasteiger partial charge in [0.05, 0.1) is 0 Å². The molecule has 1 aromatic rings. The molecular weight excluding hydrogens is 260 g/mol. The van der Waals surface area contributed by atoms with Crippen LogP contribution in [0.3, 0.4) is 0 Å². The summed E-state index contributed by atoms with van der Waals surface area (Å²) in [4.78, 5) is 12.1. The summed E-state index contributed by atoms with van der Waals surface area (Å²) in [7, 11) is 0. The number of aryl methyl sites for hydroxylation is 1. The van der Waals surface area contributed by atoms with Crippen LogP contribution in [0.4, 0.5) is 5.69 Å². The van der Waals surface area contributed by atoms with Crippen LogP contribution in [0.2, 0.25) is 0 Å². The zero-order valence-electron chi connectivity index (χ0n) is 13.0. The standard InChI is InChI=1S/C18H26N2O/c1-14-5-4-6-15(13-14)20-18(16(19)21)11-9-17(10-12-18)7-2-3-8-17/h4-6,13,20H,2-3,7-12H2,1H3,(H2,19,21). The van der Waals surface area contributed by atoms with Crippen LogP contribution in [-0.2, 0) is 4.79 Å². The van der Waals surface area contributed by atoms with Crippen LogP contribution in [-0.4, -0.2) is 11.4 Å². The SMILES string of the molecule is Cc1cccc(NC2(C(N)=O)CCC3(CCCC3)CC2)c1. The number of amides is 1. The van der Waals surface area contributed by atoms with E-state index in [-0.39, 0.29) is 5.91 Å². The number of carbonyl (C=O) groups is 1. The Balaban J connectivity index is 1.77. The zero-order valence-corrected chi connectivity index (χ0v) is 13.0. The molecule has 1 spiro atoms. The van der Waals surface area contributed by atoms with Crippen molar-refractivity contribution in [2.75, 3.05) is 5.32 Å². The zero-order chi connectivity index (χ0) is 14.9. The number of nitrogens with two attached hydrogens (primary N) is 1. The van der Waals surface area contributed by atoms with Gasteiger partial charge in [0.2, 0.25) is 5.91 Å². The second-order valence-electron chi connectivity index (χ2n) is 7.15. The van der Waals surface area contributed by atoms with Crippen molar-refractivity contribution in [3.8, 4) is 0 Å². The van der Waals surface area contributed by atoms with E-state index in [1.165, 1.54) is 31.2 Å². The average Bonchev–Trinajstić information content (AvgIpc) is 2.90. The number of anilines is 1. The molecule has 0 bridgehead atoms. The van der Waals surface area contributed by atoms with Gasteiger partial charge in [-0.1, -0.05) is 25.0 Å². The first-order valence-electron chi connectivity index (χ1n) is 8.19. The molecule has 2 saturated carbocycles. The molecule has 0 aliphatic heterocycles. The molecule has 3 N–H and O–H groups in total. The third-order valence-electron chi connectivity index (χ3n) is 5.70. The Kier molecular flexibility index (Phi) is 3.68. The fraction of sp³-hybridized carbons (Fsp3) is 0.611. The third-order valence-corrected chi connectivity index (χ3v) is 5.70. The van der Waals surface area contributed by atoms with Gasteiger partial charge in [0.15, 0.2) is 0 Å². The lowest BCUT2D eigenvalue weighted by Gasteiger charge is -2.44. The lowest BCUT2D eigenvalue weighted by atomic mass is 9.66. The number of nitrogens with one attached hydrogen (secondary N) is 1. The van der Waals surface area contributed by atoms with Gasteiger partial charge >= 0.3 is 0 Å². The molecule has 0 aromatic heterocycles. The molecule has 2 aliphatic carbocycles. The number of benzene rings is 1. The second-order valence-corrected chi connectivity index (χ2v) is 7.15. The first-order chi connectivity index (χ1) is 10.0. The van der Waals surface area contributed by atoms with Crippen molar-refractivity contribution in [1.82, 2.24) is 0 Å². The van der Waals surface area contributed by atoms with E-state index in [0.29, 0.717) is 5.41 Å². The number of rotatable bonds is 3. The Hall–Kier alpha value is -1.51. The van der Waals surface area contributed by atoms with Gasteiger partial charge in [0.1, 0.15) is 5.54 Å². The van der Waals surface area contributed by atoms with Crippen molar-refractivity contribution < 1.29 is 4.79 Å². The summed E-state index contributed by atoms with van der Waals surface area (Å²) < 4.78 is 0. The molecule has 2 fully saturated rings. The Labute approximate surface area is 127 Å². The van der Waals surface area contributed by atoms with Crippen molar-refractivity contribution in [2.45, 2.75) is 63.8 Å². The minimum atomic E-state index is -0.554. The molecule has 0 saturated heterocycles. The normalized spacial score (nSPS) is 23.1. The summed E-state index contributed by atoms with van der Waals surface area (Å²) in [5, 5.41) is 3.47. The predicted molar refractivity (Wildman–Crippen MR) is 86.1 cm³/mol. The van der Waals surface area contributed by atoms with Gasteiger partial charge in [-0.2, -0.15) is 0 Å². The van der Waals surface area contributed by atoms with Crippen molar-refractivity contribution >= 4 is 11.6 Å². The summed E-state index contributed by atoms with van der Waals surface area (Å²) in [6.07, 6.45) is 9.40. The molecule has 3 rings (SSSR count). The van der Waals surface area contributed by atoms with Crippen molar-refractivity contribution in [3.63, 3.8) is 0 Å². The topological polar surface area (TPSA) is 55.1 Å². The summed E-state index contributed by atoms with van der Waals surface area (Å²) in [5.41, 5.74) is 7.93. The summed E-state index contributed by atoms with van der Waals surface area (Å²) >= 11 is 0. The summed E-state index contributed by atoms with van der Waals surface area (Å²) in [6, 6.07) is 8.20. The van der Waals surface area contributed by atoms with Crippen LogP contribution >= 0.6 is 0 Å². The van der Waals surface area contributed by atoms with E-state index in [0.717, 1.165) is 31.4 Å². The van der Waals surface area contributed by atoms with Crippen molar-refractivity contribution in [2.24, 2.45) is 11.1 Å². The Morgan fingerprint density at radius 1 is 1.10 bits per heavy atom. The first kappa shape index (κ1) is 14.4. The van der Waals surface area contributed by atoms with Gasteiger partial charge in [-0.3, -0.25) is 4.79 Å². The highest BCUT2D eigenvalue weighted by atomic mass is 16.1. The molecule has 0 radical (unpaired) electrons. The van der Waals surface area contributed by atoms with Crippen LogP contribution in [0.5, 0.6) is 0 Å². The van der Waals surface area contributed by atoms with Crippen molar-refractivity contribution in [3.05, 3.63) is 29.8 Å². The average molecular weight is 286 g/mol. The van der Waals surface area contributed by atoms with Gasteiger partial charge in [-0.25, -0.2) is 0 Å². The van der Waals surface area contributed by atoms with Crippen LogP contribution in [0.25, 0.3) is 0 Å². The van der Waals surface area contributed by atoms with E-state index in [1.54, 1.807) is 0 Å². The minimum Gasteiger partial charge on any atom is -0.371 e. The lowest BCUT2D eigenvalue weighted by molar-refractivity contribution is -0.124. The number of carbonyl (C=O) groups excluding carboxylic acids is 1. The highest BCUT2D eigenvalue weighted by Crippen LogP contribution is 2.51. The van der Waals surface area contributed by atoms with Gasteiger partial charge in [-0.15, -0.1) is 0 Å². The van der Waals surface area contributed by atoms with Gasteiger partial charge in [0.25, 0.3) is 0 Å². The molecule has 3 heteroatoms. The highest BCUT2D eigenvalue weighted by Gasteiger charge is 2.46. The van der Waals surface area contributed by atoms with E-state index < -0.39 is 5.54 Å². The van der Waals surface area contributed by atoms with Gasteiger partial charge in [0, 0.05) is 5.69 Å². The van der Waals surface area contributed by atoms with E-state index >= 15 is 0 Å². The molecule has 0 atom stereocenters. The van der Waals surface area contributed by atoms with E-state index in [2.05, 4.69) is 24.4 Å². The fourth-order valence-corrected chi connectivity index (χ4v) is 4.26. The monoisotopic (exact) mass is 286 g/mol. The fourth-order valence-electron chi connectivity index (χ4n) is 4.26. The number of hydrogen-bond acceptors (Lipinski definition) is 2. The molecule has 0 unspecified atom stereocenters. The van der Waals surface area contributed by atoms with Gasteiger partial charge in [-0.05, 0) is 68.6 Å². The van der Waals surface area contributed by atoms with E-state index in [4.69, 9.17) is 5.73 Å². The summed E-state index contributed by atoms with van der Waals surface area (Å²) in [5.74, 6) is -0.197. The predicted octanol–water partition coefficient (Wildman–Crippen LogP) is 3.77. The quantitative estimate of drug-likeness (QED) is 0.888. The molecule has 114 valence electrons. The molecule has 3 nitrogen and oxygen atoms in total. The van der Waals surface area contributed by atoms with E-state index in [9.17, 15) is 4.79 Å². The minimum absolute atomic E-state index is 0.197. The maximum Gasteiger partial charge on any atom is 0.243 e. The van der Waals surface area contributed by atoms with Crippen LogP contribution < -0.4 is 11.1 Å². The van der Waals surface area contributed by atoms with Crippen LogP contribution in [0.15, 0.2) is 24.3 Å². The van der Waals surface area contributed by atoms with Gasteiger partial charge < -0.3 is 11.1 Å². The van der Waals surface area contributed by atoms with Crippen LogP contribution in [0, 0.1) is 12.3 Å². The molecular formula is C18H26N2O. The largest absolute Gasteiger partial charge is 0.371 e. The van der Waals surface area contributed by atoms with Crippen LogP contribution in [0.1, 0.15) is 56.9 Å². The Bertz CT molecular complexity index is 522. The third kappa shape index (κ3) is 2.78. The lowest BCUT2D eigenvalue weighted by Crippen LogP contribution is -2.54. The number of primary amides is 1. The Morgan fingerprint density at radius 3 is 2.33 bits per heavy atom. The maximum absolute atomic E-state index is 12.1. The van der Waals surface area contributed by atoms with E-state index in [1.807, 2.05) is 12.1 Å². The first-order valence-corrected chi connectivity index (χ1v) is 8.19. The molecule has 1 amide bonds. The highest BCUT2D eigenvalue weighted by molar-refractivity contribution is 5.88. The Morgan fingerprint density at radius 2 is 1.76 bits per heavy atom. The molecule has 0 heterocycles. The smallest absolute Gasteiger partial charge is 0.243 e. The van der Waals surface area contributed by atoms with Crippen molar-refractivity contribution in [1.29, 1.82) is 0 Å². The molecule has 1 aromatic carbocycles. The molecule has 2 aliphatic rings. The summed E-state index contributed by atoms with van der Waals surface area (Å²) in [6.45, 7) is 2.07. The molecule has 21 heavy (non-hydrogen) atoms. The maximum atomic E-state index is 12.1. The number of hydrogen-bond donors (Lipinski definition) is 2.